The Morgan fingerprint density at radius 2 is 1.95 bits per heavy atom. The number of aromatic nitrogens is 1. The van der Waals surface area contributed by atoms with Crippen LogP contribution in [-0.2, 0) is 6.42 Å². The molecule has 22 heavy (non-hydrogen) atoms. The average Bonchev–Trinajstić information content (AvgIpc) is 3.29. The summed E-state index contributed by atoms with van der Waals surface area (Å²) in [6.45, 7) is 4.24. The van der Waals surface area contributed by atoms with Crippen LogP contribution in [0.5, 0.6) is 0 Å². The Morgan fingerprint density at radius 3 is 2.50 bits per heavy atom. The SMILES string of the molecule is CCCCc1c(-c2ccccc2)c(C(N)=O)c(C)n1C1CC1. The third kappa shape index (κ3) is 2.56. The fourth-order valence-corrected chi connectivity index (χ4v) is 3.40. The van der Waals surface area contributed by atoms with Gasteiger partial charge in [0, 0.05) is 23.0 Å². The summed E-state index contributed by atoms with van der Waals surface area (Å²) in [4.78, 5) is 12.1. The lowest BCUT2D eigenvalue weighted by molar-refractivity contribution is 0.1000. The minimum Gasteiger partial charge on any atom is -0.366 e. The van der Waals surface area contributed by atoms with E-state index in [2.05, 4.69) is 23.6 Å². The number of carbonyl (C=O) groups is 1. The minimum absolute atomic E-state index is 0.312. The highest BCUT2D eigenvalue weighted by molar-refractivity contribution is 6.02. The largest absolute Gasteiger partial charge is 0.366 e. The molecule has 2 aromatic rings. The van der Waals surface area contributed by atoms with Gasteiger partial charge in [0.1, 0.15) is 0 Å². The van der Waals surface area contributed by atoms with Gasteiger partial charge < -0.3 is 10.3 Å². The van der Waals surface area contributed by atoms with Crippen LogP contribution in [0.15, 0.2) is 30.3 Å². The Hall–Kier alpha value is -2.03. The number of primary amides is 1. The van der Waals surface area contributed by atoms with Crippen molar-refractivity contribution in [1.82, 2.24) is 4.57 Å². The molecule has 1 heterocycles. The first-order valence-corrected chi connectivity index (χ1v) is 8.24. The Balaban J connectivity index is 2.23. The van der Waals surface area contributed by atoms with Crippen LogP contribution in [0.3, 0.4) is 0 Å². The van der Waals surface area contributed by atoms with Crippen molar-refractivity contribution in [2.75, 3.05) is 0 Å². The molecule has 1 amide bonds. The second-order valence-electron chi connectivity index (χ2n) is 6.22. The van der Waals surface area contributed by atoms with Crippen LogP contribution in [0.1, 0.15) is 60.4 Å². The van der Waals surface area contributed by atoms with Crippen molar-refractivity contribution in [2.24, 2.45) is 5.73 Å². The van der Waals surface area contributed by atoms with E-state index in [1.807, 2.05) is 25.1 Å². The van der Waals surface area contributed by atoms with Gasteiger partial charge in [-0.1, -0.05) is 43.7 Å². The average molecular weight is 296 g/mol. The molecule has 0 aliphatic heterocycles. The Labute approximate surface area is 132 Å². The van der Waals surface area contributed by atoms with E-state index >= 15 is 0 Å². The molecule has 1 saturated carbocycles. The number of hydrogen-bond donors (Lipinski definition) is 1. The lowest BCUT2D eigenvalue weighted by atomic mass is 9.98. The van der Waals surface area contributed by atoms with Crippen LogP contribution in [0.4, 0.5) is 0 Å². The molecular formula is C19H24N2O. The molecule has 3 heteroatoms. The topological polar surface area (TPSA) is 48.0 Å². The second kappa shape index (κ2) is 5.99. The predicted octanol–water partition coefficient (Wildman–Crippen LogP) is 4.24. The molecule has 0 radical (unpaired) electrons. The quantitative estimate of drug-likeness (QED) is 0.851. The lowest BCUT2D eigenvalue weighted by Crippen LogP contribution is -2.13. The molecule has 2 N–H and O–H groups in total. The highest BCUT2D eigenvalue weighted by Gasteiger charge is 2.32. The molecule has 116 valence electrons. The van der Waals surface area contributed by atoms with Gasteiger partial charge >= 0.3 is 0 Å². The summed E-state index contributed by atoms with van der Waals surface area (Å²) >= 11 is 0. The van der Waals surface area contributed by atoms with Crippen molar-refractivity contribution >= 4 is 5.91 Å². The third-order valence-electron chi connectivity index (χ3n) is 4.54. The summed E-state index contributed by atoms with van der Waals surface area (Å²) in [5.41, 5.74) is 10.9. The van der Waals surface area contributed by atoms with Gasteiger partial charge in [0.25, 0.3) is 5.91 Å². The lowest BCUT2D eigenvalue weighted by Gasteiger charge is -2.12. The van der Waals surface area contributed by atoms with Gasteiger partial charge in [0.2, 0.25) is 0 Å². The Morgan fingerprint density at radius 1 is 1.27 bits per heavy atom. The van der Waals surface area contributed by atoms with E-state index < -0.39 is 0 Å². The van der Waals surface area contributed by atoms with E-state index in [9.17, 15) is 4.79 Å². The molecule has 0 saturated heterocycles. The molecule has 1 fully saturated rings. The summed E-state index contributed by atoms with van der Waals surface area (Å²) in [6, 6.07) is 10.8. The van der Waals surface area contributed by atoms with E-state index in [-0.39, 0.29) is 5.91 Å². The standard InChI is InChI=1S/C19H24N2O/c1-3-4-10-16-18(14-8-6-5-7-9-14)17(19(20)22)13(2)21(16)15-11-12-15/h5-9,15H,3-4,10-12H2,1-2H3,(H2,20,22). The van der Waals surface area contributed by atoms with Crippen LogP contribution in [0, 0.1) is 6.92 Å². The maximum absolute atomic E-state index is 12.1. The molecule has 3 rings (SSSR count). The monoisotopic (exact) mass is 296 g/mol. The minimum atomic E-state index is -0.312. The third-order valence-corrected chi connectivity index (χ3v) is 4.54. The molecule has 1 aliphatic rings. The van der Waals surface area contributed by atoms with E-state index in [0.29, 0.717) is 11.6 Å². The zero-order valence-electron chi connectivity index (χ0n) is 13.4. The number of amides is 1. The molecule has 1 aromatic heterocycles. The van der Waals surface area contributed by atoms with Gasteiger partial charge in [-0.15, -0.1) is 0 Å². The van der Waals surface area contributed by atoms with E-state index in [4.69, 9.17) is 5.73 Å². The van der Waals surface area contributed by atoms with Crippen LogP contribution in [-0.4, -0.2) is 10.5 Å². The first-order chi connectivity index (χ1) is 10.6. The highest BCUT2D eigenvalue weighted by atomic mass is 16.1. The van der Waals surface area contributed by atoms with E-state index in [0.717, 1.165) is 36.1 Å². The normalized spacial score (nSPS) is 14.3. The fraction of sp³-hybridized carbons (Fsp3) is 0.421. The van der Waals surface area contributed by atoms with Gasteiger partial charge in [0.05, 0.1) is 5.56 Å². The van der Waals surface area contributed by atoms with Crippen LogP contribution < -0.4 is 5.73 Å². The summed E-state index contributed by atoms with van der Waals surface area (Å²) in [5.74, 6) is -0.312. The van der Waals surface area contributed by atoms with Crippen molar-refractivity contribution in [3.63, 3.8) is 0 Å². The maximum Gasteiger partial charge on any atom is 0.251 e. The Bertz CT molecular complexity index is 681. The first kappa shape index (κ1) is 14.9. The van der Waals surface area contributed by atoms with Crippen molar-refractivity contribution < 1.29 is 4.79 Å². The summed E-state index contributed by atoms with van der Waals surface area (Å²) in [7, 11) is 0. The second-order valence-corrected chi connectivity index (χ2v) is 6.22. The number of benzene rings is 1. The first-order valence-electron chi connectivity index (χ1n) is 8.24. The van der Waals surface area contributed by atoms with E-state index in [1.165, 1.54) is 18.5 Å². The van der Waals surface area contributed by atoms with Crippen molar-refractivity contribution in [1.29, 1.82) is 0 Å². The summed E-state index contributed by atoms with van der Waals surface area (Å²) in [5, 5.41) is 0. The van der Waals surface area contributed by atoms with Gasteiger partial charge in [-0.2, -0.15) is 0 Å². The van der Waals surface area contributed by atoms with Crippen LogP contribution in [0.2, 0.25) is 0 Å². The van der Waals surface area contributed by atoms with Gasteiger partial charge in [-0.25, -0.2) is 0 Å². The Kier molecular flexibility index (Phi) is 4.06. The highest BCUT2D eigenvalue weighted by Crippen LogP contribution is 2.43. The molecule has 0 unspecified atom stereocenters. The zero-order valence-corrected chi connectivity index (χ0v) is 13.4. The molecule has 0 spiro atoms. The number of nitrogens with zero attached hydrogens (tertiary/aromatic N) is 1. The van der Waals surface area contributed by atoms with Crippen LogP contribution >= 0.6 is 0 Å². The summed E-state index contributed by atoms with van der Waals surface area (Å²) in [6.07, 6.45) is 5.71. The number of hydrogen-bond acceptors (Lipinski definition) is 1. The van der Waals surface area contributed by atoms with Crippen molar-refractivity contribution in [3.05, 3.63) is 47.3 Å². The number of carbonyl (C=O) groups excluding carboxylic acids is 1. The van der Waals surface area contributed by atoms with Crippen molar-refractivity contribution in [3.8, 4) is 11.1 Å². The molecular weight excluding hydrogens is 272 g/mol. The summed E-state index contributed by atoms with van der Waals surface area (Å²) < 4.78 is 2.39. The smallest absolute Gasteiger partial charge is 0.251 e. The van der Waals surface area contributed by atoms with E-state index in [1.54, 1.807) is 0 Å². The molecule has 0 atom stereocenters. The molecule has 0 bridgehead atoms. The molecule has 3 nitrogen and oxygen atoms in total. The van der Waals surface area contributed by atoms with Gasteiger partial charge in [-0.3, -0.25) is 4.79 Å². The molecule has 1 aromatic carbocycles. The van der Waals surface area contributed by atoms with Crippen molar-refractivity contribution in [2.45, 2.75) is 52.0 Å². The fourth-order valence-electron chi connectivity index (χ4n) is 3.40. The number of unbranched alkanes of at least 4 members (excludes halogenated alkanes) is 1. The van der Waals surface area contributed by atoms with Gasteiger partial charge in [0.15, 0.2) is 0 Å². The predicted molar refractivity (Wildman–Crippen MR) is 90.0 cm³/mol. The van der Waals surface area contributed by atoms with Crippen LogP contribution in [0.25, 0.3) is 11.1 Å². The maximum atomic E-state index is 12.1. The zero-order chi connectivity index (χ0) is 15.7. The number of rotatable bonds is 6. The molecule has 1 aliphatic carbocycles. The number of nitrogens with two attached hydrogens (primary N) is 1. The van der Waals surface area contributed by atoms with Gasteiger partial charge in [-0.05, 0) is 38.2 Å².